The van der Waals surface area contributed by atoms with E-state index in [-0.39, 0.29) is 23.0 Å². The Morgan fingerprint density at radius 1 is 0.288 bits per heavy atom. The third-order valence-corrected chi connectivity index (χ3v) is 12.8. The van der Waals surface area contributed by atoms with Crippen molar-refractivity contribution in [3.05, 3.63) is 251 Å². The van der Waals surface area contributed by atoms with E-state index in [0.717, 1.165) is 72.3 Å². The molecule has 0 aromatic heterocycles. The third-order valence-electron chi connectivity index (χ3n) is 12.8. The first-order chi connectivity index (χ1) is 35.4. The van der Waals surface area contributed by atoms with E-state index >= 15 is 0 Å². The fraction of sp³-hybridized carbons (Fsp3) is 0.0769. The molecule has 0 atom stereocenters. The number of benzene rings is 10. The molecule has 10 rings (SSSR count). The fourth-order valence-electron chi connectivity index (χ4n) is 9.10. The predicted octanol–water partition coefficient (Wildman–Crippen LogP) is 17.1. The summed E-state index contributed by atoms with van der Waals surface area (Å²) in [6.07, 6.45) is 0. The number of aromatic hydroxyl groups is 4. The molecule has 0 radical (unpaired) electrons. The van der Waals surface area contributed by atoms with Crippen molar-refractivity contribution in [2.24, 2.45) is 0 Å². The molecular formula is C65H52O8. The van der Waals surface area contributed by atoms with Crippen molar-refractivity contribution in [3.8, 4) is 102 Å². The fourth-order valence-corrected chi connectivity index (χ4v) is 9.10. The lowest BCUT2D eigenvalue weighted by Crippen LogP contribution is -2.10. The van der Waals surface area contributed by atoms with E-state index in [2.05, 4.69) is 72.8 Å². The van der Waals surface area contributed by atoms with Crippen molar-refractivity contribution in [1.82, 2.24) is 0 Å². The molecule has 0 fully saturated rings. The van der Waals surface area contributed by atoms with Gasteiger partial charge in [0.25, 0.3) is 0 Å². The van der Waals surface area contributed by atoms with Crippen LogP contribution in [-0.4, -0.2) is 20.4 Å². The quantitative estimate of drug-likeness (QED) is 0.0796. The van der Waals surface area contributed by atoms with Crippen LogP contribution >= 0.6 is 0 Å². The van der Waals surface area contributed by atoms with Gasteiger partial charge >= 0.3 is 0 Å². The maximum absolute atomic E-state index is 10.3. The highest BCUT2D eigenvalue weighted by Gasteiger charge is 2.29. The molecule has 0 bridgehead atoms. The molecule has 0 saturated carbocycles. The minimum absolute atomic E-state index is 0.128. The van der Waals surface area contributed by atoms with Crippen molar-refractivity contribution in [3.63, 3.8) is 0 Å². The van der Waals surface area contributed by atoms with Gasteiger partial charge in [-0.25, -0.2) is 0 Å². The van der Waals surface area contributed by atoms with Crippen LogP contribution in [-0.2, 0) is 0 Å². The SMILES string of the molecule is Cc1cc(-c2cc(C)c(Oc3ccc(O)cc3)c(C(c3ccc(-c4ccccc4)cc3)c3cc(-c4ccc(Oc5ccc(O)cc5)c(C)c4)cc(C)c3Oc3ccc(O)cc3)c2)ccc1Oc1ccc(O)cc1. The van der Waals surface area contributed by atoms with Crippen LogP contribution in [0.3, 0.4) is 0 Å². The second kappa shape index (κ2) is 20.5. The van der Waals surface area contributed by atoms with E-state index in [9.17, 15) is 20.4 Å². The summed E-state index contributed by atoms with van der Waals surface area (Å²) < 4.78 is 26.5. The molecule has 0 aliphatic carbocycles. The molecule has 4 N–H and O–H groups in total. The number of hydrogen-bond donors (Lipinski definition) is 4. The molecule has 73 heavy (non-hydrogen) atoms. The number of phenols is 4. The Hall–Kier alpha value is -9.40. The van der Waals surface area contributed by atoms with Gasteiger partial charge in [0.1, 0.15) is 69.0 Å². The molecule has 10 aromatic carbocycles. The van der Waals surface area contributed by atoms with Gasteiger partial charge in [-0.1, -0.05) is 66.7 Å². The molecule has 0 saturated heterocycles. The van der Waals surface area contributed by atoms with Crippen LogP contribution in [0.15, 0.2) is 212 Å². The number of hydrogen-bond acceptors (Lipinski definition) is 8. The first kappa shape index (κ1) is 47.3. The smallest absolute Gasteiger partial charge is 0.134 e. The lowest BCUT2D eigenvalue weighted by Gasteiger charge is -2.28. The van der Waals surface area contributed by atoms with Gasteiger partial charge in [0, 0.05) is 17.0 Å². The normalized spacial score (nSPS) is 11.1. The Morgan fingerprint density at radius 2 is 0.616 bits per heavy atom. The summed E-state index contributed by atoms with van der Waals surface area (Å²) >= 11 is 0. The number of phenolic OH excluding ortho intramolecular Hbond substituents is 4. The van der Waals surface area contributed by atoms with E-state index in [1.807, 2.05) is 70.2 Å². The van der Waals surface area contributed by atoms with Crippen LogP contribution in [0.2, 0.25) is 0 Å². The summed E-state index contributed by atoms with van der Waals surface area (Å²) in [6, 6.07) is 66.7. The largest absolute Gasteiger partial charge is 0.508 e. The summed E-state index contributed by atoms with van der Waals surface area (Å²) in [6.45, 7) is 8.13. The van der Waals surface area contributed by atoms with Gasteiger partial charge in [0.05, 0.1) is 0 Å². The highest BCUT2D eigenvalue weighted by atomic mass is 16.5. The highest BCUT2D eigenvalue weighted by Crippen LogP contribution is 2.49. The maximum atomic E-state index is 10.3. The second-order valence-electron chi connectivity index (χ2n) is 18.2. The lowest BCUT2D eigenvalue weighted by molar-refractivity contribution is 0.454. The van der Waals surface area contributed by atoms with E-state index in [1.54, 1.807) is 97.1 Å². The molecular weight excluding hydrogens is 909 g/mol. The Balaban J connectivity index is 1.19. The molecule has 8 nitrogen and oxygen atoms in total. The van der Waals surface area contributed by atoms with E-state index in [0.29, 0.717) is 46.0 Å². The monoisotopic (exact) mass is 960 g/mol. The van der Waals surface area contributed by atoms with Gasteiger partial charge in [-0.05, 0) is 234 Å². The van der Waals surface area contributed by atoms with Gasteiger partial charge in [0.15, 0.2) is 0 Å². The topological polar surface area (TPSA) is 118 Å². The van der Waals surface area contributed by atoms with E-state index in [1.165, 1.54) is 0 Å². The van der Waals surface area contributed by atoms with Crippen molar-refractivity contribution in [1.29, 1.82) is 0 Å². The van der Waals surface area contributed by atoms with Crippen LogP contribution < -0.4 is 18.9 Å². The average Bonchev–Trinajstić information content (AvgIpc) is 3.40. The molecule has 0 heterocycles. The van der Waals surface area contributed by atoms with Crippen LogP contribution in [0.25, 0.3) is 33.4 Å². The molecule has 0 aliphatic heterocycles. The first-order valence-electron chi connectivity index (χ1n) is 23.9. The summed E-state index contributed by atoms with van der Waals surface area (Å²) in [5, 5.41) is 40.4. The average molecular weight is 961 g/mol. The van der Waals surface area contributed by atoms with Gasteiger partial charge in [-0.3, -0.25) is 0 Å². The molecule has 0 unspecified atom stereocenters. The Kier molecular flexibility index (Phi) is 13.3. The minimum Gasteiger partial charge on any atom is -0.508 e. The number of rotatable bonds is 14. The molecule has 8 heteroatoms. The van der Waals surface area contributed by atoms with E-state index < -0.39 is 5.92 Å². The summed E-state index contributed by atoms with van der Waals surface area (Å²) in [5.41, 5.74) is 12.3. The van der Waals surface area contributed by atoms with Crippen molar-refractivity contribution in [2.75, 3.05) is 0 Å². The summed E-state index contributed by atoms with van der Waals surface area (Å²) in [7, 11) is 0. The zero-order valence-corrected chi connectivity index (χ0v) is 40.7. The van der Waals surface area contributed by atoms with Crippen LogP contribution in [0.5, 0.6) is 69.0 Å². The Morgan fingerprint density at radius 3 is 0.986 bits per heavy atom. The van der Waals surface area contributed by atoms with Crippen molar-refractivity contribution >= 4 is 0 Å². The van der Waals surface area contributed by atoms with Gasteiger partial charge in [-0.15, -0.1) is 0 Å². The third kappa shape index (κ3) is 10.7. The highest BCUT2D eigenvalue weighted by molar-refractivity contribution is 5.75. The zero-order chi connectivity index (χ0) is 50.6. The lowest BCUT2D eigenvalue weighted by atomic mass is 9.80. The number of aryl methyl sites for hydroxylation is 4. The summed E-state index contributed by atoms with van der Waals surface area (Å²) in [4.78, 5) is 0. The molecule has 10 aromatic rings. The number of ether oxygens (including phenoxy) is 4. The van der Waals surface area contributed by atoms with Gasteiger partial charge in [0.2, 0.25) is 0 Å². The minimum atomic E-state index is -0.516. The maximum Gasteiger partial charge on any atom is 0.134 e. The van der Waals surface area contributed by atoms with Gasteiger partial charge in [-0.2, -0.15) is 0 Å². The van der Waals surface area contributed by atoms with Crippen LogP contribution in [0.1, 0.15) is 44.9 Å². The second-order valence-corrected chi connectivity index (χ2v) is 18.2. The Labute approximate surface area is 424 Å². The van der Waals surface area contributed by atoms with Gasteiger partial charge < -0.3 is 39.4 Å². The van der Waals surface area contributed by atoms with Crippen molar-refractivity contribution in [2.45, 2.75) is 33.6 Å². The standard InChI is InChI=1S/C65H52O8/c1-40-34-47(14-32-61(40)70-55-24-16-51(66)17-25-55)49-36-42(3)64(72-57-28-20-53(68)21-29-57)59(38-49)63(46-12-10-45(11-13-46)44-8-6-5-7-9-44)60-39-50(37-43(4)65(60)73-58-30-22-54(69)23-31-58)48-15-33-62(41(2)35-48)71-56-26-18-52(67)19-27-56/h5-39,63,66-69H,1-4H3. The van der Waals surface area contributed by atoms with Crippen molar-refractivity contribution < 1.29 is 39.4 Å². The van der Waals surface area contributed by atoms with E-state index in [4.69, 9.17) is 18.9 Å². The predicted molar refractivity (Wildman–Crippen MR) is 288 cm³/mol. The Bertz CT molecular complexity index is 3350. The zero-order valence-electron chi connectivity index (χ0n) is 40.7. The van der Waals surface area contributed by atoms with Crippen LogP contribution in [0, 0.1) is 27.7 Å². The van der Waals surface area contributed by atoms with Crippen LogP contribution in [0.4, 0.5) is 0 Å². The molecule has 360 valence electrons. The molecule has 0 amide bonds. The molecule has 0 spiro atoms. The first-order valence-corrected chi connectivity index (χ1v) is 23.9. The summed E-state index contributed by atoms with van der Waals surface area (Å²) in [5.74, 6) is 5.05. The molecule has 0 aliphatic rings.